The highest BCUT2D eigenvalue weighted by Gasteiger charge is 2.39. The van der Waals surface area contributed by atoms with Gasteiger partial charge in [-0.2, -0.15) is 13.2 Å². The quantitative estimate of drug-likeness (QED) is 0.473. The summed E-state index contributed by atoms with van der Waals surface area (Å²) in [5.74, 6) is -2.36. The number of carbonyl (C=O) groups excluding carboxylic acids is 1. The van der Waals surface area contributed by atoms with Gasteiger partial charge in [-0.25, -0.2) is 4.39 Å². The van der Waals surface area contributed by atoms with Gasteiger partial charge in [0.05, 0.1) is 5.56 Å². The lowest BCUT2D eigenvalue weighted by atomic mass is 10.0. The van der Waals surface area contributed by atoms with Crippen LogP contribution < -0.4 is 0 Å². The van der Waals surface area contributed by atoms with Gasteiger partial charge < -0.3 is 4.90 Å². The van der Waals surface area contributed by atoms with Crippen LogP contribution in [-0.2, 0) is 0 Å². The SMILES string of the molecule is CN(C)/C=C(/C(=O)c1ccccc1F)C(F)(F)F. The van der Waals surface area contributed by atoms with E-state index in [-0.39, 0.29) is 0 Å². The maximum absolute atomic E-state index is 13.3. The van der Waals surface area contributed by atoms with Crippen molar-refractivity contribution in [1.82, 2.24) is 4.90 Å². The molecule has 0 heterocycles. The molecule has 0 amide bonds. The number of rotatable bonds is 3. The van der Waals surface area contributed by atoms with Crippen LogP contribution in [0.3, 0.4) is 0 Å². The molecule has 0 spiro atoms. The van der Waals surface area contributed by atoms with E-state index in [0.29, 0.717) is 6.20 Å². The number of hydrogen-bond acceptors (Lipinski definition) is 2. The van der Waals surface area contributed by atoms with Gasteiger partial charge in [0.15, 0.2) is 0 Å². The Bertz CT molecular complexity index is 477. The van der Waals surface area contributed by atoms with Crippen LogP contribution in [0.4, 0.5) is 17.6 Å². The predicted molar refractivity (Wildman–Crippen MR) is 58.6 cm³/mol. The van der Waals surface area contributed by atoms with Crippen LogP contribution in [0.5, 0.6) is 0 Å². The molecule has 1 aromatic rings. The second-order valence-corrected chi connectivity index (χ2v) is 3.81. The Balaban J connectivity index is 3.25. The van der Waals surface area contributed by atoms with Crippen molar-refractivity contribution in [3.8, 4) is 0 Å². The molecule has 98 valence electrons. The Hall–Kier alpha value is -1.85. The Morgan fingerprint density at radius 1 is 1.22 bits per heavy atom. The number of carbonyl (C=O) groups is 1. The summed E-state index contributed by atoms with van der Waals surface area (Å²) in [5, 5.41) is 0. The molecule has 0 atom stereocenters. The number of hydrogen-bond donors (Lipinski definition) is 0. The van der Waals surface area contributed by atoms with E-state index >= 15 is 0 Å². The van der Waals surface area contributed by atoms with Crippen molar-refractivity contribution < 1.29 is 22.4 Å². The van der Waals surface area contributed by atoms with Gasteiger partial charge in [0, 0.05) is 20.3 Å². The lowest BCUT2D eigenvalue weighted by molar-refractivity contribution is -0.0896. The van der Waals surface area contributed by atoms with E-state index in [4.69, 9.17) is 0 Å². The molecule has 0 bridgehead atoms. The van der Waals surface area contributed by atoms with Crippen LogP contribution in [0.15, 0.2) is 36.0 Å². The first-order valence-corrected chi connectivity index (χ1v) is 4.98. The van der Waals surface area contributed by atoms with Gasteiger partial charge in [0.25, 0.3) is 0 Å². The Morgan fingerprint density at radius 2 is 1.78 bits per heavy atom. The summed E-state index contributed by atoms with van der Waals surface area (Å²) in [4.78, 5) is 12.8. The fourth-order valence-corrected chi connectivity index (χ4v) is 1.31. The first-order chi connectivity index (χ1) is 8.23. The first-order valence-electron chi connectivity index (χ1n) is 4.98. The summed E-state index contributed by atoms with van der Waals surface area (Å²) in [6.07, 6.45) is -4.20. The lowest BCUT2D eigenvalue weighted by Gasteiger charge is -2.14. The molecule has 1 rings (SSSR count). The summed E-state index contributed by atoms with van der Waals surface area (Å²) in [7, 11) is 2.70. The molecule has 0 unspecified atom stereocenters. The van der Waals surface area contributed by atoms with Crippen molar-refractivity contribution in [2.24, 2.45) is 0 Å². The fraction of sp³-hybridized carbons (Fsp3) is 0.250. The van der Waals surface area contributed by atoms with Crippen LogP contribution in [-0.4, -0.2) is 31.0 Å². The van der Waals surface area contributed by atoms with E-state index in [9.17, 15) is 22.4 Å². The van der Waals surface area contributed by atoms with E-state index < -0.39 is 28.9 Å². The van der Waals surface area contributed by atoms with E-state index in [0.717, 1.165) is 17.0 Å². The summed E-state index contributed by atoms with van der Waals surface area (Å²) in [6, 6.07) is 4.57. The average molecular weight is 261 g/mol. The van der Waals surface area contributed by atoms with Gasteiger partial charge in [-0.1, -0.05) is 12.1 Å². The molecule has 18 heavy (non-hydrogen) atoms. The average Bonchev–Trinajstić information content (AvgIpc) is 2.24. The van der Waals surface area contributed by atoms with Gasteiger partial charge in [0.2, 0.25) is 5.78 Å². The molecule has 0 aliphatic rings. The molecular weight excluding hydrogens is 250 g/mol. The highest BCUT2D eigenvalue weighted by atomic mass is 19.4. The number of ketones is 1. The van der Waals surface area contributed by atoms with Gasteiger partial charge in [-0.05, 0) is 12.1 Å². The second kappa shape index (κ2) is 5.20. The summed E-state index contributed by atoms with van der Waals surface area (Å²) in [6.45, 7) is 0. The molecule has 6 heteroatoms. The zero-order valence-electron chi connectivity index (χ0n) is 9.75. The van der Waals surface area contributed by atoms with Crippen LogP contribution in [0.25, 0.3) is 0 Å². The molecular formula is C12H11F4NO. The smallest absolute Gasteiger partial charge is 0.383 e. The number of halogens is 4. The molecule has 0 N–H and O–H groups in total. The van der Waals surface area contributed by atoms with Gasteiger partial charge >= 0.3 is 6.18 Å². The standard InChI is InChI=1S/C12H11F4NO/c1-17(2)7-9(12(14,15)16)11(18)8-5-3-4-6-10(8)13/h3-7H,1-2H3/b9-7-. The van der Waals surface area contributed by atoms with Crippen molar-refractivity contribution >= 4 is 5.78 Å². The minimum atomic E-state index is -4.83. The molecule has 2 nitrogen and oxygen atoms in total. The topological polar surface area (TPSA) is 20.3 Å². The largest absolute Gasteiger partial charge is 0.421 e. The Labute approximate surface area is 102 Å². The van der Waals surface area contributed by atoms with Gasteiger partial charge in [-0.15, -0.1) is 0 Å². The monoisotopic (exact) mass is 261 g/mol. The Kier molecular flexibility index (Phi) is 4.11. The molecule has 0 fully saturated rings. The van der Waals surface area contributed by atoms with Crippen LogP contribution in [0.1, 0.15) is 10.4 Å². The highest BCUT2D eigenvalue weighted by molar-refractivity contribution is 6.09. The number of alkyl halides is 3. The van der Waals surface area contributed by atoms with Crippen LogP contribution >= 0.6 is 0 Å². The molecule has 1 aromatic carbocycles. The predicted octanol–water partition coefficient (Wildman–Crippen LogP) is 3.02. The maximum atomic E-state index is 13.3. The van der Waals surface area contributed by atoms with E-state index in [1.807, 2.05) is 0 Å². The summed E-state index contributed by atoms with van der Waals surface area (Å²) in [5.41, 5.74) is -2.00. The van der Waals surface area contributed by atoms with E-state index in [1.54, 1.807) is 0 Å². The molecule has 0 radical (unpaired) electrons. The van der Waals surface area contributed by atoms with Gasteiger partial charge in [-0.3, -0.25) is 4.79 Å². The number of Topliss-reactive ketones (excluding diaryl/α,β-unsaturated/α-hetero) is 1. The summed E-state index contributed by atoms with van der Waals surface area (Å²) < 4.78 is 51.4. The van der Waals surface area contributed by atoms with Crippen molar-refractivity contribution in [3.05, 3.63) is 47.4 Å². The molecule has 0 aliphatic heterocycles. The van der Waals surface area contributed by atoms with Crippen molar-refractivity contribution in [1.29, 1.82) is 0 Å². The van der Waals surface area contributed by atoms with E-state index in [2.05, 4.69) is 0 Å². The number of nitrogens with zero attached hydrogens (tertiary/aromatic N) is 1. The van der Waals surface area contributed by atoms with Crippen LogP contribution in [0, 0.1) is 5.82 Å². The van der Waals surface area contributed by atoms with Crippen molar-refractivity contribution in [3.63, 3.8) is 0 Å². The van der Waals surface area contributed by atoms with Gasteiger partial charge in [0.1, 0.15) is 11.4 Å². The lowest BCUT2D eigenvalue weighted by Crippen LogP contribution is -2.23. The number of allylic oxidation sites excluding steroid dienone is 1. The third-order valence-corrected chi connectivity index (χ3v) is 2.06. The normalized spacial score (nSPS) is 12.4. The fourth-order valence-electron chi connectivity index (χ4n) is 1.31. The number of benzene rings is 1. The molecule has 0 saturated carbocycles. The zero-order valence-corrected chi connectivity index (χ0v) is 9.75. The van der Waals surface area contributed by atoms with Crippen LogP contribution in [0.2, 0.25) is 0 Å². The van der Waals surface area contributed by atoms with Crippen molar-refractivity contribution in [2.75, 3.05) is 14.1 Å². The molecule has 0 aromatic heterocycles. The molecule has 0 saturated heterocycles. The van der Waals surface area contributed by atoms with E-state index in [1.165, 1.54) is 26.2 Å². The minimum absolute atomic E-state index is 0.595. The minimum Gasteiger partial charge on any atom is -0.383 e. The maximum Gasteiger partial charge on any atom is 0.421 e. The first kappa shape index (κ1) is 14.2. The Morgan fingerprint density at radius 3 is 2.22 bits per heavy atom. The summed E-state index contributed by atoms with van der Waals surface area (Å²) >= 11 is 0. The zero-order chi connectivity index (χ0) is 13.9. The third kappa shape index (κ3) is 3.32. The second-order valence-electron chi connectivity index (χ2n) is 3.81. The highest BCUT2D eigenvalue weighted by Crippen LogP contribution is 2.29. The third-order valence-electron chi connectivity index (χ3n) is 2.06. The molecule has 0 aliphatic carbocycles. The van der Waals surface area contributed by atoms with Crippen molar-refractivity contribution in [2.45, 2.75) is 6.18 Å².